The zero-order chi connectivity index (χ0) is 51.3. The summed E-state index contributed by atoms with van der Waals surface area (Å²) in [4.78, 5) is 18.9. The van der Waals surface area contributed by atoms with E-state index in [4.69, 9.17) is 16.6 Å². The number of alkyl halides is 9. The van der Waals surface area contributed by atoms with Gasteiger partial charge in [-0.25, -0.2) is 43.2 Å². The Balaban J connectivity index is 1.31. The van der Waals surface area contributed by atoms with Gasteiger partial charge >= 0.3 is 6.18 Å². The van der Waals surface area contributed by atoms with Gasteiger partial charge in [-0.3, -0.25) is 23.9 Å². The van der Waals surface area contributed by atoms with E-state index in [2.05, 4.69) is 20.2 Å². The minimum absolute atomic E-state index is 0.00830. The van der Waals surface area contributed by atoms with Gasteiger partial charge in [-0.1, -0.05) is 23.7 Å². The van der Waals surface area contributed by atoms with Gasteiger partial charge in [-0.05, 0) is 95.5 Å². The molecule has 0 bridgehead atoms. The van der Waals surface area contributed by atoms with Crippen molar-refractivity contribution in [1.29, 1.82) is 0 Å². The zero-order valence-corrected chi connectivity index (χ0v) is 39.6. The Morgan fingerprint density at radius 1 is 0.871 bits per heavy atom. The van der Waals surface area contributed by atoms with Crippen molar-refractivity contribution in [1.82, 2.24) is 29.9 Å². The van der Waals surface area contributed by atoms with Crippen LogP contribution in [0.3, 0.4) is 0 Å². The van der Waals surface area contributed by atoms with E-state index >= 15 is 17.6 Å². The highest BCUT2D eigenvalue weighted by Gasteiger charge is 2.55. The normalized spacial score (nSPS) is 18.2. The highest BCUT2D eigenvalue weighted by Crippen LogP contribution is 2.52. The number of pyridine rings is 1. The van der Waals surface area contributed by atoms with Crippen LogP contribution in [0.25, 0.3) is 22.0 Å². The van der Waals surface area contributed by atoms with E-state index in [9.17, 15) is 52.4 Å². The van der Waals surface area contributed by atoms with E-state index in [0.29, 0.717) is 23.6 Å². The van der Waals surface area contributed by atoms with E-state index in [0.717, 1.165) is 12.1 Å². The number of amides is 1. The molecule has 12 nitrogen and oxygen atoms in total. The largest absolute Gasteiger partial charge is 0.408 e. The molecule has 8 rings (SSSR count). The Bertz CT molecular complexity index is 3120. The van der Waals surface area contributed by atoms with Gasteiger partial charge in [0.15, 0.2) is 15.7 Å². The first-order chi connectivity index (χ1) is 32.3. The monoisotopic (exact) mass is 1060 g/mol. The summed E-state index contributed by atoms with van der Waals surface area (Å²) in [5.41, 5.74) is -6.29. The van der Waals surface area contributed by atoms with Crippen LogP contribution in [0.1, 0.15) is 112 Å². The van der Waals surface area contributed by atoms with Crippen molar-refractivity contribution in [3.63, 3.8) is 0 Å². The molecule has 380 valence electrons. The quantitative estimate of drug-likeness (QED) is 0.0872. The van der Waals surface area contributed by atoms with Gasteiger partial charge in [0, 0.05) is 35.7 Å². The molecule has 0 aliphatic heterocycles. The summed E-state index contributed by atoms with van der Waals surface area (Å²) in [6, 6.07) is 5.60. The van der Waals surface area contributed by atoms with Crippen LogP contribution in [0.5, 0.6) is 0 Å². The van der Waals surface area contributed by atoms with Crippen LogP contribution < -0.4 is 10.0 Å². The maximum atomic E-state index is 15.4. The number of carbonyl (C=O) groups is 1. The summed E-state index contributed by atoms with van der Waals surface area (Å²) in [5, 5.41) is 8.61. The number of fused-ring (bicyclic) bond motifs is 2. The first kappa shape index (κ1) is 51.3. The number of hydrogen-bond donors (Lipinski definition) is 2. The molecule has 70 heavy (non-hydrogen) atoms. The van der Waals surface area contributed by atoms with Gasteiger partial charge in [0.05, 0.1) is 48.0 Å². The first-order valence-corrected chi connectivity index (χ1v) is 25.2. The highest BCUT2D eigenvalue weighted by molar-refractivity contribution is 7.94. The van der Waals surface area contributed by atoms with Crippen molar-refractivity contribution in [2.45, 2.75) is 137 Å². The second-order valence-corrected chi connectivity index (χ2v) is 24.3. The number of nitrogens with one attached hydrogen (secondary N) is 2. The van der Waals surface area contributed by atoms with E-state index in [-0.39, 0.29) is 68.9 Å². The minimum atomic E-state index is -5.00. The Labute approximate surface area is 398 Å². The van der Waals surface area contributed by atoms with Crippen molar-refractivity contribution in [3.8, 4) is 11.1 Å². The fourth-order valence-electron chi connectivity index (χ4n) is 8.69. The Kier molecular flexibility index (Phi) is 12.9. The summed E-state index contributed by atoms with van der Waals surface area (Å²) in [7, 11) is -7.96. The van der Waals surface area contributed by atoms with Crippen molar-refractivity contribution in [2.75, 3.05) is 4.72 Å². The summed E-state index contributed by atoms with van der Waals surface area (Å²) >= 11 is 6.61. The summed E-state index contributed by atoms with van der Waals surface area (Å²) in [5.74, 6) is -12.6. The predicted molar refractivity (Wildman–Crippen MR) is 234 cm³/mol. The lowest BCUT2D eigenvalue weighted by Crippen LogP contribution is -2.37. The fraction of sp³-hybridized carbons (Fsp3) is 0.500. The van der Waals surface area contributed by atoms with Gasteiger partial charge in [0.2, 0.25) is 15.9 Å². The number of carbonyl (C=O) groups excluding carboxylic acids is 1. The van der Waals surface area contributed by atoms with E-state index in [1.165, 1.54) is 45.0 Å². The number of benzene rings is 2. The summed E-state index contributed by atoms with van der Waals surface area (Å²) < 4.78 is 216. The van der Waals surface area contributed by atoms with Gasteiger partial charge in [-0.15, -0.1) is 0 Å². The molecule has 0 saturated heterocycles. The van der Waals surface area contributed by atoms with E-state index in [1.54, 1.807) is 0 Å². The number of sulfone groups is 1. The zero-order valence-electron chi connectivity index (χ0n) is 37.2. The molecular formula is C44H43ClF11N7O5S2. The Morgan fingerprint density at radius 3 is 2.10 bits per heavy atom. The number of anilines is 1. The molecule has 0 unspecified atom stereocenters. The molecule has 0 radical (unpaired) electrons. The molecule has 2 aromatic carbocycles. The number of aryl methyl sites for hydroxylation is 1. The molecular weight excluding hydrogens is 1020 g/mol. The van der Waals surface area contributed by atoms with Crippen molar-refractivity contribution in [2.24, 2.45) is 0 Å². The van der Waals surface area contributed by atoms with Gasteiger partial charge in [0.1, 0.15) is 36.1 Å². The third kappa shape index (κ3) is 9.94. The fourth-order valence-corrected chi connectivity index (χ4v) is 12.3. The van der Waals surface area contributed by atoms with Crippen molar-refractivity contribution < 1.29 is 69.9 Å². The molecule has 0 spiro atoms. The SMILES string of the molecule is CC1(S(=O)(=O)Nc2nn(CC(F)(F)F)c3c(-c4ccc(CCC(C)(C)S(=O)(=O)C5CC5)nc4[C@H](Cc4cc(F)cc(F)c4)NC(=O)Cn4nc(C(F)F)c5c4C(F)(F)CCC5(F)F)ccc(Cl)c23)CC1. The standard InChI is InChI=1S/C44H43ClF11N7O5S2/c1-40(2,69(65,66)26-5-6-26)11-10-25-4-7-27(28-8-9-29(45)32-36(28)63(21-44(54,55)56)60-39(32)61-70(67,68)41(3)12-13-41)34(57-25)30(18-22-16-23(46)19-24(47)17-22)58-31(64)20-62-37-33(35(59-62)38(48)49)42(50,51)14-15-43(37,52)53/h4,7-9,16-17,19,26,30,38H,5-6,10-15,18,20-21H2,1-3H3,(H,58,64)(H,60,61)/t30-/m0/s1. The van der Waals surface area contributed by atoms with Crippen LogP contribution in [-0.4, -0.2) is 68.2 Å². The lowest BCUT2D eigenvalue weighted by molar-refractivity contribution is -0.141. The summed E-state index contributed by atoms with van der Waals surface area (Å²) in [6.45, 7) is 1.20. The van der Waals surface area contributed by atoms with Crippen molar-refractivity contribution in [3.05, 3.63) is 93.0 Å². The second kappa shape index (κ2) is 17.6. The van der Waals surface area contributed by atoms with E-state index < -0.39 is 143 Å². The van der Waals surface area contributed by atoms with E-state index in [1.807, 2.05) is 0 Å². The van der Waals surface area contributed by atoms with Gasteiger partial charge in [0.25, 0.3) is 18.3 Å². The minimum Gasteiger partial charge on any atom is -0.346 e. The number of hydrogen-bond acceptors (Lipinski definition) is 8. The third-order valence-electron chi connectivity index (χ3n) is 13.0. The lowest BCUT2D eigenvalue weighted by Gasteiger charge is -2.29. The number of nitrogens with zero attached hydrogens (tertiary/aromatic N) is 5. The molecule has 3 heterocycles. The second-order valence-electron chi connectivity index (χ2n) is 18.8. The molecule has 1 atom stereocenters. The molecule has 1 amide bonds. The average molecular weight is 1060 g/mol. The van der Waals surface area contributed by atoms with Gasteiger partial charge < -0.3 is 5.32 Å². The lowest BCUT2D eigenvalue weighted by atomic mass is 9.89. The predicted octanol–water partition coefficient (Wildman–Crippen LogP) is 10.4. The molecule has 3 aromatic heterocycles. The molecule has 5 aromatic rings. The highest BCUT2D eigenvalue weighted by atomic mass is 35.5. The van der Waals surface area contributed by atoms with Crippen LogP contribution in [0.15, 0.2) is 42.5 Å². The van der Waals surface area contributed by atoms with Crippen LogP contribution in [0, 0.1) is 11.6 Å². The maximum Gasteiger partial charge on any atom is 0.408 e. The molecule has 3 aliphatic rings. The Hall–Kier alpha value is -5.04. The topological polar surface area (TPSA) is 158 Å². The van der Waals surface area contributed by atoms with Crippen LogP contribution in [0.2, 0.25) is 5.02 Å². The van der Waals surface area contributed by atoms with Crippen molar-refractivity contribution >= 4 is 54.1 Å². The number of sulfonamides is 1. The molecule has 2 fully saturated rings. The Morgan fingerprint density at radius 2 is 1.50 bits per heavy atom. The summed E-state index contributed by atoms with van der Waals surface area (Å²) in [6.07, 6.45) is -11.2. The third-order valence-corrected chi connectivity index (χ3v) is 18.5. The average Bonchev–Trinajstić information content (AvgIpc) is 4.16. The first-order valence-electron chi connectivity index (χ1n) is 21.7. The smallest absolute Gasteiger partial charge is 0.346 e. The molecule has 2 saturated carbocycles. The number of rotatable bonds is 17. The molecule has 3 aliphatic carbocycles. The molecule has 26 heteroatoms. The van der Waals surface area contributed by atoms with Crippen LogP contribution >= 0.6 is 11.6 Å². The molecule has 2 N–H and O–H groups in total. The maximum absolute atomic E-state index is 15.4. The van der Waals surface area contributed by atoms with Gasteiger partial charge in [-0.2, -0.15) is 32.1 Å². The van der Waals surface area contributed by atoms with Crippen LogP contribution in [-0.2, 0) is 62.4 Å². The van der Waals surface area contributed by atoms with Crippen LogP contribution in [0.4, 0.5) is 54.1 Å². The number of halogens is 12. The number of aromatic nitrogens is 5.